The Labute approximate surface area is 78.8 Å². The third-order valence-electron chi connectivity index (χ3n) is 2.32. The minimum Gasteiger partial charge on any atom is -0.381 e. The number of rotatable bonds is 5. The standard InChI is InChI=1S/C9H18N2O2/c10-9(12)1-4-11-7-8-2-5-13-6-3-8/h8,11H,1-7H2,(H2,10,12). The Morgan fingerprint density at radius 3 is 2.77 bits per heavy atom. The summed E-state index contributed by atoms with van der Waals surface area (Å²) in [6.07, 6.45) is 2.69. The highest BCUT2D eigenvalue weighted by Crippen LogP contribution is 2.12. The first kappa shape index (κ1) is 10.5. The highest BCUT2D eigenvalue weighted by atomic mass is 16.5. The van der Waals surface area contributed by atoms with Gasteiger partial charge in [0.2, 0.25) is 5.91 Å². The second kappa shape index (κ2) is 5.94. The van der Waals surface area contributed by atoms with Gasteiger partial charge in [0.1, 0.15) is 0 Å². The maximum absolute atomic E-state index is 10.4. The number of amides is 1. The van der Waals surface area contributed by atoms with E-state index in [4.69, 9.17) is 10.5 Å². The Hall–Kier alpha value is -0.610. The topological polar surface area (TPSA) is 64.4 Å². The Bertz CT molecular complexity index is 156. The van der Waals surface area contributed by atoms with Gasteiger partial charge < -0.3 is 15.8 Å². The van der Waals surface area contributed by atoms with Crippen molar-refractivity contribution in [3.05, 3.63) is 0 Å². The van der Waals surface area contributed by atoms with Gasteiger partial charge in [0.05, 0.1) is 0 Å². The number of hydrogen-bond donors (Lipinski definition) is 2. The lowest BCUT2D eigenvalue weighted by molar-refractivity contribution is -0.117. The Morgan fingerprint density at radius 1 is 1.46 bits per heavy atom. The van der Waals surface area contributed by atoms with E-state index in [9.17, 15) is 4.79 Å². The first-order valence-electron chi connectivity index (χ1n) is 4.86. The molecule has 0 bridgehead atoms. The Balaban J connectivity index is 1.95. The van der Waals surface area contributed by atoms with Crippen LogP contribution in [0.4, 0.5) is 0 Å². The van der Waals surface area contributed by atoms with Crippen molar-refractivity contribution in [3.63, 3.8) is 0 Å². The molecule has 1 fully saturated rings. The average molecular weight is 186 g/mol. The second-order valence-electron chi connectivity index (χ2n) is 3.48. The molecular formula is C9H18N2O2. The Kier molecular flexibility index (Phi) is 4.78. The summed E-state index contributed by atoms with van der Waals surface area (Å²) >= 11 is 0. The molecule has 0 aromatic heterocycles. The first-order chi connectivity index (χ1) is 6.29. The number of carbonyl (C=O) groups excluding carboxylic acids is 1. The predicted molar refractivity (Wildman–Crippen MR) is 50.2 cm³/mol. The zero-order valence-corrected chi connectivity index (χ0v) is 7.92. The van der Waals surface area contributed by atoms with Crippen LogP contribution in [0.1, 0.15) is 19.3 Å². The molecule has 13 heavy (non-hydrogen) atoms. The number of hydrogen-bond acceptors (Lipinski definition) is 3. The molecule has 0 atom stereocenters. The lowest BCUT2D eigenvalue weighted by Crippen LogP contribution is -2.30. The van der Waals surface area contributed by atoms with Crippen molar-refractivity contribution in [1.82, 2.24) is 5.32 Å². The van der Waals surface area contributed by atoms with Gasteiger partial charge in [0.15, 0.2) is 0 Å². The largest absolute Gasteiger partial charge is 0.381 e. The van der Waals surface area contributed by atoms with Crippen LogP contribution in [0.5, 0.6) is 0 Å². The maximum atomic E-state index is 10.4. The molecule has 0 aromatic rings. The molecule has 1 amide bonds. The van der Waals surface area contributed by atoms with Gasteiger partial charge in [0, 0.05) is 26.2 Å². The molecule has 4 nitrogen and oxygen atoms in total. The van der Waals surface area contributed by atoms with Crippen LogP contribution in [0.15, 0.2) is 0 Å². The summed E-state index contributed by atoms with van der Waals surface area (Å²) in [7, 11) is 0. The summed E-state index contributed by atoms with van der Waals surface area (Å²) in [4.78, 5) is 10.4. The number of nitrogens with one attached hydrogen (secondary N) is 1. The summed E-state index contributed by atoms with van der Waals surface area (Å²) in [5.74, 6) is 0.473. The van der Waals surface area contributed by atoms with Crippen molar-refractivity contribution >= 4 is 5.91 Å². The highest BCUT2D eigenvalue weighted by molar-refractivity contribution is 5.73. The van der Waals surface area contributed by atoms with Crippen LogP contribution in [0.2, 0.25) is 0 Å². The maximum Gasteiger partial charge on any atom is 0.218 e. The van der Waals surface area contributed by atoms with E-state index in [0.29, 0.717) is 18.9 Å². The second-order valence-corrected chi connectivity index (χ2v) is 3.48. The SMILES string of the molecule is NC(=O)CCNCC1CCOCC1. The van der Waals surface area contributed by atoms with Crippen molar-refractivity contribution in [2.24, 2.45) is 11.7 Å². The molecule has 1 rings (SSSR count). The minimum atomic E-state index is -0.237. The van der Waals surface area contributed by atoms with E-state index in [0.717, 1.165) is 32.6 Å². The van der Waals surface area contributed by atoms with Crippen LogP contribution < -0.4 is 11.1 Å². The van der Waals surface area contributed by atoms with Gasteiger partial charge in [-0.1, -0.05) is 0 Å². The number of carbonyl (C=O) groups is 1. The molecule has 0 spiro atoms. The van der Waals surface area contributed by atoms with Gasteiger partial charge >= 0.3 is 0 Å². The summed E-state index contributed by atoms with van der Waals surface area (Å²) in [6, 6.07) is 0. The van der Waals surface area contributed by atoms with Crippen LogP contribution in [-0.2, 0) is 9.53 Å². The van der Waals surface area contributed by atoms with E-state index in [-0.39, 0.29) is 5.91 Å². The molecule has 4 heteroatoms. The zero-order chi connectivity index (χ0) is 9.52. The lowest BCUT2D eigenvalue weighted by atomic mass is 10.0. The van der Waals surface area contributed by atoms with Gasteiger partial charge in [0.25, 0.3) is 0 Å². The molecule has 1 aliphatic heterocycles. The van der Waals surface area contributed by atoms with Crippen LogP contribution >= 0.6 is 0 Å². The van der Waals surface area contributed by atoms with Crippen molar-refractivity contribution < 1.29 is 9.53 Å². The molecule has 0 unspecified atom stereocenters. The van der Waals surface area contributed by atoms with Gasteiger partial charge in [-0.2, -0.15) is 0 Å². The molecule has 1 saturated heterocycles. The molecule has 0 aromatic carbocycles. The summed E-state index contributed by atoms with van der Waals surface area (Å²) in [5, 5.41) is 3.23. The fourth-order valence-corrected chi connectivity index (χ4v) is 1.47. The number of primary amides is 1. The fourth-order valence-electron chi connectivity index (χ4n) is 1.47. The van der Waals surface area contributed by atoms with Crippen LogP contribution in [0.3, 0.4) is 0 Å². The molecule has 0 saturated carbocycles. The fraction of sp³-hybridized carbons (Fsp3) is 0.889. The summed E-state index contributed by atoms with van der Waals surface area (Å²) in [5.41, 5.74) is 5.01. The van der Waals surface area contributed by atoms with E-state index < -0.39 is 0 Å². The van der Waals surface area contributed by atoms with Crippen molar-refractivity contribution in [1.29, 1.82) is 0 Å². The van der Waals surface area contributed by atoms with Crippen LogP contribution in [0.25, 0.3) is 0 Å². The smallest absolute Gasteiger partial charge is 0.218 e. The van der Waals surface area contributed by atoms with E-state index in [1.807, 2.05) is 0 Å². The minimum absolute atomic E-state index is 0.237. The van der Waals surface area contributed by atoms with Crippen molar-refractivity contribution in [3.8, 4) is 0 Å². The van der Waals surface area contributed by atoms with E-state index in [1.54, 1.807) is 0 Å². The van der Waals surface area contributed by atoms with Gasteiger partial charge in [-0.15, -0.1) is 0 Å². The average Bonchev–Trinajstić information content (AvgIpc) is 2.14. The quantitative estimate of drug-likeness (QED) is 0.588. The highest BCUT2D eigenvalue weighted by Gasteiger charge is 2.12. The van der Waals surface area contributed by atoms with Gasteiger partial charge in [-0.3, -0.25) is 4.79 Å². The third-order valence-corrected chi connectivity index (χ3v) is 2.32. The third kappa shape index (κ3) is 4.85. The van der Waals surface area contributed by atoms with Crippen LogP contribution in [0, 0.1) is 5.92 Å². The molecule has 3 N–H and O–H groups in total. The molecule has 1 heterocycles. The Morgan fingerprint density at radius 2 is 2.15 bits per heavy atom. The van der Waals surface area contributed by atoms with E-state index in [1.165, 1.54) is 0 Å². The lowest BCUT2D eigenvalue weighted by Gasteiger charge is -2.22. The summed E-state index contributed by atoms with van der Waals surface area (Å²) < 4.78 is 5.24. The van der Waals surface area contributed by atoms with Gasteiger partial charge in [-0.05, 0) is 25.3 Å². The zero-order valence-electron chi connectivity index (χ0n) is 7.92. The van der Waals surface area contributed by atoms with Crippen molar-refractivity contribution in [2.75, 3.05) is 26.3 Å². The predicted octanol–water partition coefficient (Wildman–Crippen LogP) is -0.122. The summed E-state index contributed by atoms with van der Waals surface area (Å²) in [6.45, 7) is 3.44. The molecule has 0 aliphatic carbocycles. The first-order valence-corrected chi connectivity index (χ1v) is 4.86. The van der Waals surface area contributed by atoms with Crippen LogP contribution in [-0.4, -0.2) is 32.2 Å². The van der Waals surface area contributed by atoms with Crippen molar-refractivity contribution in [2.45, 2.75) is 19.3 Å². The number of nitrogens with two attached hydrogens (primary N) is 1. The molecule has 1 aliphatic rings. The van der Waals surface area contributed by atoms with Gasteiger partial charge in [-0.25, -0.2) is 0 Å². The monoisotopic (exact) mass is 186 g/mol. The van der Waals surface area contributed by atoms with E-state index in [2.05, 4.69) is 5.32 Å². The normalized spacial score (nSPS) is 18.8. The number of ether oxygens (including phenoxy) is 1. The molecule has 0 radical (unpaired) electrons. The molecular weight excluding hydrogens is 168 g/mol. The van der Waals surface area contributed by atoms with E-state index >= 15 is 0 Å². The molecule has 76 valence electrons.